The number of anilines is 1. The highest BCUT2D eigenvalue weighted by molar-refractivity contribution is 7.17. The zero-order chi connectivity index (χ0) is 18.7. The smallest absolute Gasteiger partial charge is 0.239 e. The molecule has 6 heteroatoms. The molecule has 0 bridgehead atoms. The second-order valence-electron chi connectivity index (χ2n) is 6.71. The van der Waals surface area contributed by atoms with Crippen molar-refractivity contribution in [2.24, 2.45) is 0 Å². The van der Waals surface area contributed by atoms with Crippen LogP contribution in [0.15, 0.2) is 36.0 Å². The van der Waals surface area contributed by atoms with Gasteiger partial charge in [0, 0.05) is 22.1 Å². The van der Waals surface area contributed by atoms with Gasteiger partial charge in [0.2, 0.25) is 5.91 Å². The Morgan fingerprint density at radius 1 is 1.46 bits per heavy atom. The molecule has 3 rings (SSSR count). The van der Waals surface area contributed by atoms with E-state index >= 15 is 0 Å². The van der Waals surface area contributed by atoms with E-state index in [2.05, 4.69) is 30.2 Å². The average molecular weight is 384 g/mol. The van der Waals surface area contributed by atoms with E-state index in [0.29, 0.717) is 10.6 Å². The molecule has 2 aromatic heterocycles. The number of hydrogen-bond donors (Lipinski definition) is 1. The van der Waals surface area contributed by atoms with E-state index in [9.17, 15) is 10.1 Å². The second kappa shape index (κ2) is 7.45. The standard InChI is InChI=1S/C20H18ClN3OS/c1-20(2)10-13(6-7-14-5-3-4-8-23-14)9-15-16(12-22)19(26-18(15)20)24-17(25)11-21/h3-9H,10-11H2,1-2H3,(H,24,25). The molecule has 26 heavy (non-hydrogen) atoms. The summed E-state index contributed by atoms with van der Waals surface area (Å²) in [4.78, 5) is 17.1. The molecule has 0 atom stereocenters. The Hall–Kier alpha value is -2.42. The number of rotatable bonds is 4. The summed E-state index contributed by atoms with van der Waals surface area (Å²) in [5.41, 5.74) is 3.27. The maximum Gasteiger partial charge on any atom is 0.239 e. The van der Waals surface area contributed by atoms with Crippen molar-refractivity contribution in [2.75, 3.05) is 11.2 Å². The molecule has 1 amide bonds. The highest BCUT2D eigenvalue weighted by atomic mass is 35.5. The maximum absolute atomic E-state index is 11.7. The van der Waals surface area contributed by atoms with Crippen molar-refractivity contribution < 1.29 is 4.79 Å². The Morgan fingerprint density at radius 3 is 2.92 bits per heavy atom. The lowest BCUT2D eigenvalue weighted by Gasteiger charge is -2.29. The lowest BCUT2D eigenvalue weighted by molar-refractivity contribution is -0.113. The SMILES string of the molecule is CC1(C)CC(C=Cc2ccccn2)=Cc2c1sc(NC(=O)CCl)c2C#N. The van der Waals surface area contributed by atoms with Crippen LogP contribution in [0.5, 0.6) is 0 Å². The van der Waals surface area contributed by atoms with Crippen LogP contribution in [0.3, 0.4) is 0 Å². The summed E-state index contributed by atoms with van der Waals surface area (Å²) >= 11 is 7.05. The quantitative estimate of drug-likeness (QED) is 0.758. The number of alkyl halides is 1. The van der Waals surface area contributed by atoms with E-state index in [1.165, 1.54) is 11.3 Å². The van der Waals surface area contributed by atoms with E-state index in [1.807, 2.05) is 36.4 Å². The summed E-state index contributed by atoms with van der Waals surface area (Å²) < 4.78 is 0. The van der Waals surface area contributed by atoms with Crippen molar-refractivity contribution in [1.29, 1.82) is 5.26 Å². The third kappa shape index (κ3) is 3.72. The minimum Gasteiger partial charge on any atom is -0.316 e. The molecule has 0 spiro atoms. The largest absolute Gasteiger partial charge is 0.316 e. The molecule has 0 aromatic carbocycles. The third-order valence-corrected chi connectivity index (χ3v) is 5.91. The number of pyridine rings is 1. The van der Waals surface area contributed by atoms with Crippen LogP contribution in [0.25, 0.3) is 12.2 Å². The van der Waals surface area contributed by atoms with E-state index in [-0.39, 0.29) is 17.2 Å². The number of amides is 1. The van der Waals surface area contributed by atoms with Crippen molar-refractivity contribution in [3.05, 3.63) is 57.7 Å². The van der Waals surface area contributed by atoms with Crippen LogP contribution in [0.2, 0.25) is 0 Å². The van der Waals surface area contributed by atoms with Gasteiger partial charge in [0.15, 0.2) is 0 Å². The molecule has 0 fully saturated rings. The van der Waals surface area contributed by atoms with Gasteiger partial charge < -0.3 is 5.32 Å². The number of aromatic nitrogens is 1. The normalized spacial score (nSPS) is 15.2. The number of allylic oxidation sites excluding steroid dienone is 2. The molecule has 0 radical (unpaired) electrons. The summed E-state index contributed by atoms with van der Waals surface area (Å²) in [5.74, 6) is -0.441. The molecule has 0 saturated carbocycles. The number of carbonyl (C=O) groups is 1. The number of nitrogens with one attached hydrogen (secondary N) is 1. The Labute approximate surface area is 161 Å². The fraction of sp³-hybridized carbons (Fsp3) is 0.250. The topological polar surface area (TPSA) is 65.8 Å². The van der Waals surface area contributed by atoms with E-state index in [1.54, 1.807) is 6.20 Å². The molecule has 0 unspecified atom stereocenters. The Balaban J connectivity index is 2.01. The van der Waals surface area contributed by atoms with Gasteiger partial charge in [0.1, 0.15) is 17.0 Å². The Kier molecular flexibility index (Phi) is 5.26. The van der Waals surface area contributed by atoms with Crippen LogP contribution in [-0.2, 0) is 10.2 Å². The summed E-state index contributed by atoms with van der Waals surface area (Å²) in [6.45, 7) is 4.30. The van der Waals surface area contributed by atoms with E-state index in [0.717, 1.165) is 28.1 Å². The number of nitriles is 1. The molecule has 1 aliphatic rings. The van der Waals surface area contributed by atoms with E-state index < -0.39 is 0 Å². The van der Waals surface area contributed by atoms with Gasteiger partial charge in [-0.1, -0.05) is 26.0 Å². The van der Waals surface area contributed by atoms with Crippen molar-refractivity contribution in [3.63, 3.8) is 0 Å². The molecule has 132 valence electrons. The molecule has 1 aliphatic carbocycles. The fourth-order valence-corrected chi connectivity index (χ4v) is 4.36. The molecule has 0 saturated heterocycles. The number of nitrogens with zero attached hydrogens (tertiary/aromatic N) is 2. The molecule has 0 aliphatic heterocycles. The van der Waals surface area contributed by atoms with E-state index in [4.69, 9.17) is 11.6 Å². The highest BCUT2D eigenvalue weighted by Gasteiger charge is 2.33. The molecular weight excluding hydrogens is 366 g/mol. The van der Waals surface area contributed by atoms with Gasteiger partial charge in [-0.05, 0) is 36.3 Å². The Morgan fingerprint density at radius 2 is 2.27 bits per heavy atom. The number of fused-ring (bicyclic) bond motifs is 1. The zero-order valence-corrected chi connectivity index (χ0v) is 16.1. The number of halogens is 1. The predicted octanol–water partition coefficient (Wildman–Crippen LogP) is 4.97. The van der Waals surface area contributed by atoms with Crippen LogP contribution in [-0.4, -0.2) is 16.8 Å². The average Bonchev–Trinajstić information content (AvgIpc) is 2.98. The van der Waals surface area contributed by atoms with Gasteiger partial charge >= 0.3 is 0 Å². The van der Waals surface area contributed by atoms with Crippen LogP contribution >= 0.6 is 22.9 Å². The molecule has 1 N–H and O–H groups in total. The lowest BCUT2D eigenvalue weighted by Crippen LogP contribution is -2.20. The zero-order valence-electron chi connectivity index (χ0n) is 14.5. The van der Waals surface area contributed by atoms with Gasteiger partial charge in [-0.25, -0.2) is 0 Å². The predicted molar refractivity (Wildman–Crippen MR) is 107 cm³/mol. The van der Waals surface area contributed by atoms with Gasteiger partial charge in [-0.3, -0.25) is 9.78 Å². The van der Waals surface area contributed by atoms with Crippen molar-refractivity contribution in [3.8, 4) is 6.07 Å². The first-order valence-corrected chi connectivity index (χ1v) is 9.52. The summed E-state index contributed by atoms with van der Waals surface area (Å²) in [6, 6.07) is 8.01. The first kappa shape index (κ1) is 18.4. The van der Waals surface area contributed by atoms with Gasteiger partial charge in [-0.15, -0.1) is 22.9 Å². The van der Waals surface area contributed by atoms with Gasteiger partial charge in [0.05, 0.1) is 11.3 Å². The monoisotopic (exact) mass is 383 g/mol. The minimum atomic E-state index is -0.307. The fourth-order valence-electron chi connectivity index (χ4n) is 3.04. The van der Waals surface area contributed by atoms with Crippen LogP contribution in [0.4, 0.5) is 5.00 Å². The maximum atomic E-state index is 11.7. The second-order valence-corrected chi connectivity index (χ2v) is 8.00. The molecule has 2 heterocycles. The Bertz CT molecular complexity index is 936. The lowest BCUT2D eigenvalue weighted by atomic mass is 9.77. The van der Waals surface area contributed by atoms with Crippen LogP contribution in [0, 0.1) is 11.3 Å². The molecule has 4 nitrogen and oxygen atoms in total. The number of thiophene rings is 1. The van der Waals surface area contributed by atoms with Gasteiger partial charge in [-0.2, -0.15) is 5.26 Å². The third-order valence-electron chi connectivity index (χ3n) is 4.18. The first-order valence-electron chi connectivity index (χ1n) is 8.17. The first-order chi connectivity index (χ1) is 12.4. The van der Waals surface area contributed by atoms with Crippen molar-refractivity contribution in [2.45, 2.75) is 25.7 Å². The number of hydrogen-bond acceptors (Lipinski definition) is 4. The van der Waals surface area contributed by atoms with Crippen LogP contribution in [0.1, 0.15) is 42.0 Å². The van der Waals surface area contributed by atoms with Crippen LogP contribution < -0.4 is 5.32 Å². The minimum absolute atomic E-state index is 0.131. The molecular formula is C20H18ClN3OS. The van der Waals surface area contributed by atoms with Gasteiger partial charge in [0.25, 0.3) is 0 Å². The van der Waals surface area contributed by atoms with Crippen molar-refractivity contribution >= 4 is 46.0 Å². The highest BCUT2D eigenvalue weighted by Crippen LogP contribution is 2.47. The molecule has 2 aromatic rings. The summed E-state index contributed by atoms with van der Waals surface area (Å²) in [7, 11) is 0. The summed E-state index contributed by atoms with van der Waals surface area (Å²) in [5, 5.41) is 12.9. The summed E-state index contributed by atoms with van der Waals surface area (Å²) in [6.07, 6.45) is 8.66. The van der Waals surface area contributed by atoms with Crippen molar-refractivity contribution in [1.82, 2.24) is 4.98 Å². The number of carbonyl (C=O) groups excluding carboxylic acids is 1.